The summed E-state index contributed by atoms with van der Waals surface area (Å²) in [5, 5.41) is 10.5. The summed E-state index contributed by atoms with van der Waals surface area (Å²) in [5.74, 6) is 0. The zero-order valence-electron chi connectivity index (χ0n) is 14.4. The highest BCUT2D eigenvalue weighted by Gasteiger charge is 2.25. The van der Waals surface area contributed by atoms with Crippen LogP contribution in [0.4, 0.5) is 10.5 Å². The van der Waals surface area contributed by atoms with Crippen LogP contribution in [0.3, 0.4) is 0 Å². The third-order valence-corrected chi connectivity index (χ3v) is 4.66. The molecular formula is C20H21N5O. The fraction of sp³-hybridized carbons (Fsp3) is 0.250. The Morgan fingerprint density at radius 3 is 2.85 bits per heavy atom. The van der Waals surface area contributed by atoms with Crippen LogP contribution >= 0.6 is 0 Å². The molecule has 0 fully saturated rings. The molecule has 1 atom stereocenters. The van der Waals surface area contributed by atoms with Gasteiger partial charge in [-0.3, -0.25) is 9.67 Å². The number of benzene rings is 1. The van der Waals surface area contributed by atoms with E-state index < -0.39 is 0 Å². The number of nitrogens with zero attached hydrogens (tertiary/aromatic N) is 3. The van der Waals surface area contributed by atoms with Crippen molar-refractivity contribution < 1.29 is 4.79 Å². The van der Waals surface area contributed by atoms with Gasteiger partial charge in [0.2, 0.25) is 0 Å². The van der Waals surface area contributed by atoms with Crippen LogP contribution in [0.1, 0.15) is 35.7 Å². The second-order valence-electron chi connectivity index (χ2n) is 6.47. The number of carbonyl (C=O) groups excluding carboxylic acids is 1. The number of urea groups is 1. The van der Waals surface area contributed by atoms with E-state index in [4.69, 9.17) is 0 Å². The lowest BCUT2D eigenvalue weighted by atomic mass is 9.93. The molecule has 0 spiro atoms. The predicted octanol–water partition coefficient (Wildman–Crippen LogP) is 3.53. The third kappa shape index (κ3) is 3.59. The fourth-order valence-corrected chi connectivity index (χ4v) is 3.42. The highest BCUT2D eigenvalue weighted by Crippen LogP contribution is 2.30. The normalized spacial score (nSPS) is 15.9. The lowest BCUT2D eigenvalue weighted by Crippen LogP contribution is -2.34. The molecule has 0 radical (unpaired) electrons. The zero-order chi connectivity index (χ0) is 17.8. The Bertz CT molecular complexity index is 876. The average molecular weight is 347 g/mol. The lowest BCUT2D eigenvalue weighted by Gasteiger charge is -2.24. The SMILES string of the molecule is O=C(Nc1cccnc1)N[C@@H]1CCCc2c1cnn2Cc1ccccc1. The number of carbonyl (C=O) groups is 1. The monoisotopic (exact) mass is 347 g/mol. The third-order valence-electron chi connectivity index (χ3n) is 4.66. The van der Waals surface area contributed by atoms with Crippen molar-refractivity contribution in [3.63, 3.8) is 0 Å². The van der Waals surface area contributed by atoms with Crippen LogP contribution in [-0.4, -0.2) is 20.8 Å². The number of anilines is 1. The van der Waals surface area contributed by atoms with Crippen LogP contribution in [-0.2, 0) is 13.0 Å². The van der Waals surface area contributed by atoms with Gasteiger partial charge in [0.15, 0.2) is 0 Å². The van der Waals surface area contributed by atoms with Gasteiger partial charge in [-0.25, -0.2) is 4.79 Å². The summed E-state index contributed by atoms with van der Waals surface area (Å²) in [6, 6.07) is 13.7. The second kappa shape index (κ2) is 7.39. The van der Waals surface area contributed by atoms with Gasteiger partial charge >= 0.3 is 6.03 Å². The molecule has 2 aromatic heterocycles. The molecule has 6 heteroatoms. The summed E-state index contributed by atoms with van der Waals surface area (Å²) in [5.41, 5.74) is 4.24. The molecule has 0 aliphatic heterocycles. The van der Waals surface area contributed by atoms with Gasteiger partial charge in [0.1, 0.15) is 0 Å². The van der Waals surface area contributed by atoms with Crippen molar-refractivity contribution in [2.45, 2.75) is 31.8 Å². The van der Waals surface area contributed by atoms with E-state index in [2.05, 4.69) is 37.5 Å². The van der Waals surface area contributed by atoms with Crippen molar-refractivity contribution in [1.82, 2.24) is 20.1 Å². The highest BCUT2D eigenvalue weighted by atomic mass is 16.2. The number of hydrogen-bond acceptors (Lipinski definition) is 3. The first-order valence-corrected chi connectivity index (χ1v) is 8.85. The number of hydrogen-bond donors (Lipinski definition) is 2. The molecule has 4 rings (SSSR count). The second-order valence-corrected chi connectivity index (χ2v) is 6.47. The van der Waals surface area contributed by atoms with E-state index in [1.807, 2.05) is 30.5 Å². The van der Waals surface area contributed by atoms with Crippen LogP contribution in [0.5, 0.6) is 0 Å². The Labute approximate surface area is 152 Å². The molecule has 0 saturated carbocycles. The number of nitrogens with one attached hydrogen (secondary N) is 2. The minimum atomic E-state index is -0.216. The largest absolute Gasteiger partial charge is 0.331 e. The zero-order valence-corrected chi connectivity index (χ0v) is 14.4. The summed E-state index contributed by atoms with van der Waals surface area (Å²) in [6.45, 7) is 0.755. The van der Waals surface area contributed by atoms with Crippen LogP contribution in [0.25, 0.3) is 0 Å². The number of pyridine rings is 1. The van der Waals surface area contributed by atoms with Gasteiger partial charge in [0.05, 0.1) is 30.7 Å². The van der Waals surface area contributed by atoms with E-state index in [1.54, 1.807) is 18.5 Å². The fourth-order valence-electron chi connectivity index (χ4n) is 3.42. The van der Waals surface area contributed by atoms with Gasteiger partial charge in [-0.15, -0.1) is 0 Å². The van der Waals surface area contributed by atoms with Crippen molar-refractivity contribution >= 4 is 11.7 Å². The van der Waals surface area contributed by atoms with Gasteiger partial charge in [-0.1, -0.05) is 30.3 Å². The first-order valence-electron chi connectivity index (χ1n) is 8.85. The maximum absolute atomic E-state index is 12.3. The molecule has 1 aromatic carbocycles. The predicted molar refractivity (Wildman–Crippen MR) is 99.8 cm³/mol. The van der Waals surface area contributed by atoms with E-state index in [-0.39, 0.29) is 12.1 Å². The quantitative estimate of drug-likeness (QED) is 0.758. The van der Waals surface area contributed by atoms with Crippen molar-refractivity contribution in [2.24, 2.45) is 0 Å². The Kier molecular flexibility index (Phi) is 4.64. The molecule has 1 aliphatic rings. The number of rotatable bonds is 4. The van der Waals surface area contributed by atoms with Gasteiger partial charge < -0.3 is 10.6 Å². The summed E-state index contributed by atoms with van der Waals surface area (Å²) in [6.07, 6.45) is 8.15. The summed E-state index contributed by atoms with van der Waals surface area (Å²) in [7, 11) is 0. The van der Waals surface area contributed by atoms with Crippen molar-refractivity contribution in [2.75, 3.05) is 5.32 Å². The molecule has 2 N–H and O–H groups in total. The molecular weight excluding hydrogens is 326 g/mol. The van der Waals surface area contributed by atoms with Gasteiger partial charge in [-0.05, 0) is 37.0 Å². The van der Waals surface area contributed by atoms with Gasteiger partial charge in [0, 0.05) is 17.5 Å². The van der Waals surface area contributed by atoms with Crippen LogP contribution < -0.4 is 10.6 Å². The van der Waals surface area contributed by atoms with E-state index in [9.17, 15) is 4.79 Å². The number of amides is 2. The molecule has 0 bridgehead atoms. The van der Waals surface area contributed by atoms with Crippen molar-refractivity contribution in [3.05, 3.63) is 77.9 Å². The first kappa shape index (κ1) is 16.3. The van der Waals surface area contributed by atoms with E-state index in [0.29, 0.717) is 5.69 Å². The number of aromatic nitrogens is 3. The minimum Gasteiger partial charge on any atom is -0.331 e. The molecule has 132 valence electrons. The molecule has 0 unspecified atom stereocenters. The van der Waals surface area contributed by atoms with Crippen LogP contribution in [0, 0.1) is 0 Å². The van der Waals surface area contributed by atoms with Crippen molar-refractivity contribution in [1.29, 1.82) is 0 Å². The Hall–Kier alpha value is -3.15. The van der Waals surface area contributed by atoms with Crippen molar-refractivity contribution in [3.8, 4) is 0 Å². The maximum Gasteiger partial charge on any atom is 0.319 e. The Balaban J connectivity index is 1.47. The molecule has 2 amide bonds. The van der Waals surface area contributed by atoms with Gasteiger partial charge in [-0.2, -0.15) is 5.10 Å². The molecule has 0 saturated heterocycles. The first-order chi connectivity index (χ1) is 12.8. The van der Waals surface area contributed by atoms with E-state index >= 15 is 0 Å². The number of fused-ring (bicyclic) bond motifs is 1. The van der Waals surface area contributed by atoms with Crippen LogP contribution in [0.2, 0.25) is 0 Å². The van der Waals surface area contributed by atoms with Gasteiger partial charge in [0.25, 0.3) is 0 Å². The van der Waals surface area contributed by atoms with E-state index in [1.165, 1.54) is 11.3 Å². The topological polar surface area (TPSA) is 71.8 Å². The minimum absolute atomic E-state index is 0.0139. The Morgan fingerprint density at radius 1 is 1.15 bits per heavy atom. The smallest absolute Gasteiger partial charge is 0.319 e. The van der Waals surface area contributed by atoms with Crippen LogP contribution in [0.15, 0.2) is 61.1 Å². The molecule has 1 aliphatic carbocycles. The molecule has 26 heavy (non-hydrogen) atoms. The van der Waals surface area contributed by atoms with E-state index in [0.717, 1.165) is 31.4 Å². The molecule has 6 nitrogen and oxygen atoms in total. The lowest BCUT2D eigenvalue weighted by molar-refractivity contribution is 0.247. The average Bonchev–Trinajstić information content (AvgIpc) is 3.07. The highest BCUT2D eigenvalue weighted by molar-refractivity contribution is 5.89. The Morgan fingerprint density at radius 2 is 2.04 bits per heavy atom. The summed E-state index contributed by atoms with van der Waals surface area (Å²) in [4.78, 5) is 16.3. The summed E-state index contributed by atoms with van der Waals surface area (Å²) < 4.78 is 2.05. The maximum atomic E-state index is 12.3. The molecule has 3 aromatic rings. The molecule has 2 heterocycles. The standard InChI is InChI=1S/C20H21N5O/c26-20(23-16-8-5-11-21-12-16)24-18-9-4-10-19-17(18)13-22-25(19)14-15-6-2-1-3-7-15/h1-3,5-8,11-13,18H,4,9-10,14H2,(H2,23,24,26)/t18-/m1/s1. The summed E-state index contributed by atoms with van der Waals surface area (Å²) >= 11 is 0.